The predicted octanol–water partition coefficient (Wildman–Crippen LogP) is -6.55. The van der Waals surface area contributed by atoms with Crippen LogP contribution >= 0.6 is 0 Å². The summed E-state index contributed by atoms with van der Waals surface area (Å²) in [4.78, 5) is 9.87. The minimum atomic E-state index is -0.903. The first-order valence-corrected chi connectivity index (χ1v) is 1.70. The summed E-state index contributed by atoms with van der Waals surface area (Å²) >= 11 is 0. The normalized spacial score (nSPS) is 9.33. The summed E-state index contributed by atoms with van der Waals surface area (Å²) in [6.45, 7) is 3.12. The molecule has 0 aromatic heterocycles. The fraction of sp³-hybridized carbons (Fsp3) is 0.250. The Morgan fingerprint density at radius 3 is 2.00 bits per heavy atom. The van der Waals surface area contributed by atoms with E-state index in [-0.39, 0.29) is 59.1 Å². The Kier molecular flexibility index (Phi) is 16.4. The standard InChI is InChI=1S/C4H5N2O.2Na/c1-3(2-5)4(6)7;;/h3H,1H2,(H2,6,7);;/q-1;2*+1. The van der Waals surface area contributed by atoms with Crippen molar-refractivity contribution in [2.24, 2.45) is 11.7 Å². The van der Waals surface area contributed by atoms with Gasteiger partial charge in [0.15, 0.2) is 0 Å². The van der Waals surface area contributed by atoms with Crippen LogP contribution in [0.1, 0.15) is 0 Å². The molecular formula is C4H5N2Na2O+. The van der Waals surface area contributed by atoms with Crippen molar-refractivity contribution < 1.29 is 63.9 Å². The molecular weight excluding hydrogens is 138 g/mol. The van der Waals surface area contributed by atoms with Gasteiger partial charge in [-0.2, -0.15) is 0 Å². The topological polar surface area (TPSA) is 66.9 Å². The molecule has 0 saturated carbocycles. The molecule has 0 aliphatic heterocycles. The number of rotatable bonds is 1. The average Bonchev–Trinajstić information content (AvgIpc) is 1.65. The molecule has 1 amide bonds. The molecule has 0 fully saturated rings. The van der Waals surface area contributed by atoms with E-state index in [0.717, 1.165) is 0 Å². The third kappa shape index (κ3) is 8.96. The summed E-state index contributed by atoms with van der Waals surface area (Å²) in [6.07, 6.45) is 0. The minimum absolute atomic E-state index is 0. The number of carbonyl (C=O) groups excluding carboxylic acids is 1. The third-order valence-corrected chi connectivity index (χ3v) is 0.499. The van der Waals surface area contributed by atoms with Gasteiger partial charge in [0.25, 0.3) is 0 Å². The van der Waals surface area contributed by atoms with Gasteiger partial charge in [-0.05, 0) is 5.92 Å². The van der Waals surface area contributed by atoms with Crippen LogP contribution in [-0.2, 0) is 4.79 Å². The zero-order valence-corrected chi connectivity index (χ0v) is 9.72. The molecule has 1 atom stereocenters. The van der Waals surface area contributed by atoms with Crippen LogP contribution in [0.25, 0.3) is 0 Å². The summed E-state index contributed by atoms with van der Waals surface area (Å²) in [7, 11) is 0. The minimum Gasteiger partial charge on any atom is -0.371 e. The first-order chi connectivity index (χ1) is 3.18. The quantitative estimate of drug-likeness (QED) is 0.293. The molecule has 2 N–H and O–H groups in total. The zero-order chi connectivity index (χ0) is 5.86. The van der Waals surface area contributed by atoms with Crippen LogP contribution in [0.4, 0.5) is 0 Å². The molecule has 38 valence electrons. The summed E-state index contributed by atoms with van der Waals surface area (Å²) in [5, 5.41) is 7.89. The van der Waals surface area contributed by atoms with Gasteiger partial charge in [-0.25, -0.2) is 5.26 Å². The van der Waals surface area contributed by atoms with E-state index in [0.29, 0.717) is 0 Å². The second kappa shape index (κ2) is 8.96. The maximum absolute atomic E-state index is 9.87. The molecule has 0 saturated heterocycles. The molecule has 1 unspecified atom stereocenters. The number of primary amides is 1. The van der Waals surface area contributed by atoms with E-state index >= 15 is 0 Å². The molecule has 0 aromatic carbocycles. The van der Waals surface area contributed by atoms with Crippen LogP contribution in [0, 0.1) is 24.2 Å². The first-order valence-electron chi connectivity index (χ1n) is 1.70. The van der Waals surface area contributed by atoms with Crippen LogP contribution in [0.15, 0.2) is 0 Å². The van der Waals surface area contributed by atoms with Crippen LogP contribution in [-0.4, -0.2) is 5.91 Å². The number of hydrogen-bond acceptors (Lipinski definition) is 2. The van der Waals surface area contributed by atoms with Crippen molar-refractivity contribution in [3.05, 3.63) is 6.92 Å². The Bertz CT molecular complexity index is 120. The van der Waals surface area contributed by atoms with E-state index in [1.54, 1.807) is 6.07 Å². The number of nitrogens with two attached hydrogens (primary N) is 1. The Labute approximate surface area is 98.6 Å². The van der Waals surface area contributed by atoms with Crippen LogP contribution in [0.5, 0.6) is 0 Å². The first kappa shape index (κ1) is 16.5. The molecule has 0 aromatic rings. The van der Waals surface area contributed by atoms with E-state index in [4.69, 9.17) is 5.26 Å². The predicted molar refractivity (Wildman–Crippen MR) is 23.7 cm³/mol. The summed E-state index contributed by atoms with van der Waals surface area (Å²) in [5.74, 6) is -1.58. The Hall–Kier alpha value is 0.960. The fourth-order valence-electron chi connectivity index (χ4n) is 0.0636. The van der Waals surface area contributed by atoms with Crippen LogP contribution < -0.4 is 64.8 Å². The van der Waals surface area contributed by atoms with Crippen LogP contribution in [0.2, 0.25) is 0 Å². The summed E-state index contributed by atoms with van der Waals surface area (Å²) in [5.41, 5.74) is 4.62. The number of nitriles is 1. The van der Waals surface area contributed by atoms with E-state index in [1.807, 2.05) is 0 Å². The van der Waals surface area contributed by atoms with Crippen molar-refractivity contribution in [2.75, 3.05) is 0 Å². The van der Waals surface area contributed by atoms with Gasteiger partial charge >= 0.3 is 59.1 Å². The molecule has 0 heterocycles. The second-order valence-corrected chi connectivity index (χ2v) is 1.08. The van der Waals surface area contributed by atoms with Gasteiger partial charge in [0.05, 0.1) is 0 Å². The van der Waals surface area contributed by atoms with Crippen molar-refractivity contribution >= 4 is 5.91 Å². The van der Waals surface area contributed by atoms with Crippen molar-refractivity contribution in [3.63, 3.8) is 0 Å². The molecule has 0 spiro atoms. The Morgan fingerprint density at radius 2 is 2.00 bits per heavy atom. The Morgan fingerprint density at radius 1 is 1.67 bits per heavy atom. The smallest absolute Gasteiger partial charge is 0.371 e. The maximum atomic E-state index is 9.87. The van der Waals surface area contributed by atoms with Gasteiger partial charge in [-0.15, -0.1) is 0 Å². The van der Waals surface area contributed by atoms with E-state index < -0.39 is 11.8 Å². The number of amides is 1. The molecule has 0 aliphatic rings. The molecule has 0 bridgehead atoms. The summed E-state index contributed by atoms with van der Waals surface area (Å²) in [6, 6.07) is 1.58. The van der Waals surface area contributed by atoms with Gasteiger partial charge in [-0.1, -0.05) is 0 Å². The molecule has 9 heavy (non-hydrogen) atoms. The van der Waals surface area contributed by atoms with Gasteiger partial charge in [0.1, 0.15) is 0 Å². The Balaban J connectivity index is -0.000000180. The molecule has 0 radical (unpaired) electrons. The molecule has 5 heteroatoms. The number of carbonyl (C=O) groups is 1. The van der Waals surface area contributed by atoms with Crippen LogP contribution in [0.3, 0.4) is 0 Å². The van der Waals surface area contributed by atoms with Crippen molar-refractivity contribution in [3.8, 4) is 6.07 Å². The van der Waals surface area contributed by atoms with Gasteiger partial charge in [-0.3, -0.25) is 4.79 Å². The second-order valence-electron chi connectivity index (χ2n) is 1.08. The van der Waals surface area contributed by atoms with Crippen molar-refractivity contribution in [2.45, 2.75) is 0 Å². The monoisotopic (exact) mass is 143 g/mol. The molecule has 0 aliphatic carbocycles. The van der Waals surface area contributed by atoms with E-state index in [9.17, 15) is 4.79 Å². The maximum Gasteiger partial charge on any atom is 1.00 e. The van der Waals surface area contributed by atoms with Crippen molar-refractivity contribution in [1.82, 2.24) is 0 Å². The summed E-state index contributed by atoms with van der Waals surface area (Å²) < 4.78 is 0. The molecule has 3 nitrogen and oxygen atoms in total. The van der Waals surface area contributed by atoms with Gasteiger partial charge < -0.3 is 12.7 Å². The third-order valence-electron chi connectivity index (χ3n) is 0.499. The van der Waals surface area contributed by atoms with E-state index in [2.05, 4.69) is 12.7 Å². The average molecular weight is 143 g/mol. The number of nitrogens with zero attached hydrogens (tertiary/aromatic N) is 1. The fourth-order valence-corrected chi connectivity index (χ4v) is 0.0636. The van der Waals surface area contributed by atoms with E-state index in [1.165, 1.54) is 0 Å². The number of hydrogen-bond donors (Lipinski definition) is 1. The van der Waals surface area contributed by atoms with Gasteiger partial charge in [0.2, 0.25) is 5.91 Å². The van der Waals surface area contributed by atoms with Gasteiger partial charge in [0, 0.05) is 6.07 Å². The van der Waals surface area contributed by atoms with Crippen molar-refractivity contribution in [1.29, 1.82) is 5.26 Å². The SMILES string of the molecule is [CH2-]C(C#N)C(N)=O.[Na+].[Na+]. The zero-order valence-electron chi connectivity index (χ0n) is 5.72. The molecule has 0 rings (SSSR count). The largest absolute Gasteiger partial charge is 1.00 e.